The largest absolute Gasteiger partial charge is 0.480 e. The molecule has 0 radical (unpaired) electrons. The second-order valence-electron chi connectivity index (χ2n) is 4.98. The van der Waals surface area contributed by atoms with Gasteiger partial charge in [-0.3, -0.25) is 13.4 Å². The van der Waals surface area contributed by atoms with Crippen molar-refractivity contribution in [3.63, 3.8) is 0 Å². The van der Waals surface area contributed by atoms with Crippen molar-refractivity contribution in [1.29, 1.82) is 0 Å². The zero-order valence-electron chi connectivity index (χ0n) is 11.6. The van der Waals surface area contributed by atoms with E-state index in [1.54, 1.807) is 12.1 Å². The van der Waals surface area contributed by atoms with Gasteiger partial charge in [-0.15, -0.1) is 0 Å². The Morgan fingerprint density at radius 3 is 2.65 bits per heavy atom. The molecule has 6 nitrogen and oxygen atoms in total. The van der Waals surface area contributed by atoms with Crippen LogP contribution >= 0.6 is 12.1 Å². The molecule has 0 spiro atoms. The van der Waals surface area contributed by atoms with E-state index in [1.807, 2.05) is 40.9 Å². The first kappa shape index (κ1) is 14.5. The van der Waals surface area contributed by atoms with E-state index in [9.17, 15) is 14.7 Å². The van der Waals surface area contributed by atoms with Crippen molar-refractivity contribution in [3.05, 3.63) is 23.8 Å². The molecule has 20 heavy (non-hydrogen) atoms. The minimum absolute atomic E-state index is 0.233. The maximum atomic E-state index is 11.3. The molecule has 108 valence electrons. The van der Waals surface area contributed by atoms with Gasteiger partial charge in [-0.05, 0) is 24.6 Å². The number of carboxylic acid groups (broad SMARTS) is 1. The lowest BCUT2D eigenvalue weighted by Gasteiger charge is -2.24. The molecule has 0 saturated carbocycles. The van der Waals surface area contributed by atoms with E-state index in [-0.39, 0.29) is 6.42 Å². The summed E-state index contributed by atoms with van der Waals surface area (Å²) in [6, 6.07) is 5.81. The smallest absolute Gasteiger partial charge is 0.329 e. The van der Waals surface area contributed by atoms with Gasteiger partial charge in [0.05, 0.1) is 23.5 Å². The quantitative estimate of drug-likeness (QED) is 0.629. The van der Waals surface area contributed by atoms with Crippen molar-refractivity contribution >= 4 is 35.9 Å². The SMILES string of the molecule is CN1SN(C)c2cc(C[C@](C)(NC=O)C(=O)O)ccc21. The highest BCUT2D eigenvalue weighted by molar-refractivity contribution is 8.02. The Morgan fingerprint density at radius 2 is 2.05 bits per heavy atom. The topological polar surface area (TPSA) is 72.9 Å². The third-order valence-corrected chi connectivity index (χ3v) is 4.25. The molecule has 1 aliphatic rings. The molecule has 2 rings (SSSR count). The molecule has 0 bridgehead atoms. The number of anilines is 2. The van der Waals surface area contributed by atoms with Crippen LogP contribution in [0.15, 0.2) is 18.2 Å². The molecule has 0 unspecified atom stereocenters. The third-order valence-electron chi connectivity index (χ3n) is 3.37. The van der Waals surface area contributed by atoms with Crippen molar-refractivity contribution in [1.82, 2.24) is 5.32 Å². The summed E-state index contributed by atoms with van der Waals surface area (Å²) in [7, 11) is 3.93. The Morgan fingerprint density at radius 1 is 1.40 bits per heavy atom. The first-order valence-corrected chi connectivity index (χ1v) is 6.83. The van der Waals surface area contributed by atoms with Crippen molar-refractivity contribution in [2.75, 3.05) is 22.7 Å². The second-order valence-corrected chi connectivity index (χ2v) is 6.23. The normalized spacial score (nSPS) is 16.6. The van der Waals surface area contributed by atoms with Crippen LogP contribution in [0.2, 0.25) is 0 Å². The highest BCUT2D eigenvalue weighted by Crippen LogP contribution is 2.43. The summed E-state index contributed by atoms with van der Waals surface area (Å²) < 4.78 is 4.06. The molecule has 1 aliphatic heterocycles. The van der Waals surface area contributed by atoms with Gasteiger partial charge in [0.15, 0.2) is 0 Å². The summed E-state index contributed by atoms with van der Waals surface area (Å²) in [5, 5.41) is 11.7. The summed E-state index contributed by atoms with van der Waals surface area (Å²) in [5.74, 6) is -1.05. The predicted octanol–water partition coefficient (Wildman–Crippen LogP) is 1.27. The number of rotatable bonds is 5. The lowest BCUT2D eigenvalue weighted by atomic mass is 9.92. The summed E-state index contributed by atoms with van der Waals surface area (Å²) in [4.78, 5) is 21.9. The number of nitrogens with one attached hydrogen (secondary N) is 1. The number of carbonyl (C=O) groups is 2. The van der Waals surface area contributed by atoms with Gasteiger partial charge in [0, 0.05) is 20.5 Å². The Hall–Kier alpha value is -1.89. The number of amides is 1. The number of carboxylic acids is 1. The molecular formula is C13H17N3O3S. The van der Waals surface area contributed by atoms with E-state index >= 15 is 0 Å². The Balaban J connectivity index is 2.29. The Labute approximate surface area is 122 Å². The van der Waals surface area contributed by atoms with Crippen LogP contribution in [0.4, 0.5) is 11.4 Å². The van der Waals surface area contributed by atoms with Crippen molar-refractivity contribution in [3.8, 4) is 0 Å². The summed E-state index contributed by atoms with van der Waals surface area (Å²) >= 11 is 1.57. The average molecular weight is 295 g/mol. The molecule has 1 aromatic rings. The van der Waals surface area contributed by atoms with Gasteiger partial charge in [0.25, 0.3) is 0 Å². The molecule has 0 aliphatic carbocycles. The maximum Gasteiger partial charge on any atom is 0.329 e. The van der Waals surface area contributed by atoms with Crippen LogP contribution < -0.4 is 13.9 Å². The summed E-state index contributed by atoms with van der Waals surface area (Å²) in [6.45, 7) is 1.50. The van der Waals surface area contributed by atoms with Gasteiger partial charge in [0.1, 0.15) is 5.54 Å². The first-order chi connectivity index (χ1) is 9.37. The molecule has 0 aromatic heterocycles. The second kappa shape index (κ2) is 5.24. The molecule has 0 fully saturated rings. The molecule has 1 heterocycles. The van der Waals surface area contributed by atoms with E-state index in [4.69, 9.17) is 0 Å². The fraction of sp³-hybridized carbons (Fsp3) is 0.385. The van der Waals surface area contributed by atoms with Crippen LogP contribution in [-0.2, 0) is 16.0 Å². The monoisotopic (exact) mass is 295 g/mol. The number of aliphatic carboxylic acids is 1. The van der Waals surface area contributed by atoms with Crippen LogP contribution in [0.3, 0.4) is 0 Å². The number of nitrogens with zero attached hydrogens (tertiary/aromatic N) is 2. The number of benzene rings is 1. The molecule has 1 amide bonds. The minimum atomic E-state index is -1.30. The van der Waals surface area contributed by atoms with Crippen LogP contribution in [0.5, 0.6) is 0 Å². The average Bonchev–Trinajstić information content (AvgIpc) is 2.65. The van der Waals surface area contributed by atoms with Gasteiger partial charge in [-0.2, -0.15) is 0 Å². The minimum Gasteiger partial charge on any atom is -0.480 e. The molecule has 2 N–H and O–H groups in total. The standard InChI is InChI=1S/C13H17N3O3S/c1-13(12(18)19,14-8-17)7-9-4-5-10-11(6-9)16(3)20-15(10)2/h4-6,8H,7H2,1-3H3,(H,14,17)(H,18,19)/t13-/m0/s1. The van der Waals surface area contributed by atoms with Gasteiger partial charge in [-0.1, -0.05) is 6.07 Å². The third kappa shape index (κ3) is 2.53. The number of carbonyl (C=O) groups excluding carboxylic acids is 1. The van der Waals surface area contributed by atoms with Gasteiger partial charge < -0.3 is 10.4 Å². The van der Waals surface area contributed by atoms with Crippen LogP contribution in [0, 0.1) is 0 Å². The van der Waals surface area contributed by atoms with Crippen LogP contribution in [0.1, 0.15) is 12.5 Å². The summed E-state index contributed by atoms with van der Waals surface area (Å²) in [6.07, 6.45) is 0.661. The van der Waals surface area contributed by atoms with E-state index in [0.717, 1.165) is 16.9 Å². The number of hydrogen-bond acceptors (Lipinski definition) is 5. The molecule has 1 atom stereocenters. The highest BCUT2D eigenvalue weighted by Gasteiger charge is 2.33. The van der Waals surface area contributed by atoms with E-state index < -0.39 is 11.5 Å². The van der Waals surface area contributed by atoms with E-state index in [2.05, 4.69) is 5.32 Å². The van der Waals surface area contributed by atoms with Crippen LogP contribution in [-0.4, -0.2) is 37.1 Å². The van der Waals surface area contributed by atoms with Crippen molar-refractivity contribution in [2.24, 2.45) is 0 Å². The first-order valence-electron chi connectivity index (χ1n) is 6.10. The number of hydrogen-bond donors (Lipinski definition) is 2. The van der Waals surface area contributed by atoms with Crippen LogP contribution in [0.25, 0.3) is 0 Å². The summed E-state index contributed by atoms with van der Waals surface area (Å²) in [5.41, 5.74) is 1.69. The molecule has 7 heteroatoms. The van der Waals surface area contributed by atoms with E-state index in [0.29, 0.717) is 6.41 Å². The lowest BCUT2D eigenvalue weighted by Crippen LogP contribution is -2.50. The molecule has 0 saturated heterocycles. The zero-order valence-corrected chi connectivity index (χ0v) is 12.4. The lowest BCUT2D eigenvalue weighted by molar-refractivity contribution is -0.145. The van der Waals surface area contributed by atoms with E-state index in [1.165, 1.54) is 6.92 Å². The zero-order chi connectivity index (χ0) is 14.9. The molecule has 1 aromatic carbocycles. The van der Waals surface area contributed by atoms with Gasteiger partial charge >= 0.3 is 5.97 Å². The van der Waals surface area contributed by atoms with Gasteiger partial charge in [-0.25, -0.2) is 4.79 Å². The van der Waals surface area contributed by atoms with Gasteiger partial charge in [0.2, 0.25) is 6.41 Å². The fourth-order valence-corrected chi connectivity index (χ4v) is 3.04. The Kier molecular flexibility index (Phi) is 3.80. The highest BCUT2D eigenvalue weighted by atomic mass is 32.2. The Bertz CT molecular complexity index is 552. The van der Waals surface area contributed by atoms with Crippen molar-refractivity contribution < 1.29 is 14.7 Å². The number of fused-ring (bicyclic) bond motifs is 1. The van der Waals surface area contributed by atoms with Crippen molar-refractivity contribution in [2.45, 2.75) is 18.9 Å². The molecular weight excluding hydrogens is 278 g/mol. The fourth-order valence-electron chi connectivity index (χ4n) is 2.20. The maximum absolute atomic E-state index is 11.3. The predicted molar refractivity (Wildman–Crippen MR) is 79.8 cm³/mol.